The van der Waals surface area contributed by atoms with E-state index in [1.54, 1.807) is 6.92 Å². The lowest BCUT2D eigenvalue weighted by Gasteiger charge is -2.36. The zero-order valence-corrected chi connectivity index (χ0v) is 11.6. The predicted octanol–water partition coefficient (Wildman–Crippen LogP) is -0.877. The molecule has 1 amide bonds. The van der Waals surface area contributed by atoms with Gasteiger partial charge in [-0.3, -0.25) is 9.69 Å². The molecule has 1 aliphatic heterocycles. The van der Waals surface area contributed by atoms with Crippen LogP contribution in [0.15, 0.2) is 0 Å². The van der Waals surface area contributed by atoms with Crippen molar-refractivity contribution in [1.29, 1.82) is 0 Å². The van der Waals surface area contributed by atoms with Crippen LogP contribution in [0.25, 0.3) is 0 Å². The zero-order valence-electron chi connectivity index (χ0n) is 10.8. The van der Waals surface area contributed by atoms with Crippen LogP contribution in [0.4, 0.5) is 0 Å². The number of nitrogens with two attached hydrogens (primary N) is 1. The van der Waals surface area contributed by atoms with E-state index in [4.69, 9.17) is 5.73 Å². The lowest BCUT2D eigenvalue weighted by atomic mass is 9.95. The lowest BCUT2D eigenvalue weighted by Crippen LogP contribution is -2.47. The quantitative estimate of drug-likeness (QED) is 0.657. The fraction of sp³-hybridized carbons (Fsp3) is 0.909. The van der Waals surface area contributed by atoms with Gasteiger partial charge in [-0.15, -0.1) is 0 Å². The fourth-order valence-corrected chi connectivity index (χ4v) is 3.39. The van der Waals surface area contributed by atoms with E-state index in [-0.39, 0.29) is 17.9 Å². The molecule has 1 fully saturated rings. The minimum Gasteiger partial charge on any atom is -0.389 e. The molecule has 1 atom stereocenters. The summed E-state index contributed by atoms with van der Waals surface area (Å²) in [7, 11) is -3.24. The number of piperidine rings is 1. The maximum atomic E-state index is 11.6. The average Bonchev–Trinajstić information content (AvgIpc) is 2.23. The normalized spacial score (nSPS) is 26.1. The Hall–Kier alpha value is -0.660. The average molecular weight is 278 g/mol. The number of nitrogens with zero attached hydrogens (tertiary/aromatic N) is 1. The van der Waals surface area contributed by atoms with Gasteiger partial charge in [-0.05, 0) is 26.3 Å². The van der Waals surface area contributed by atoms with Gasteiger partial charge >= 0.3 is 0 Å². The van der Waals surface area contributed by atoms with Crippen LogP contribution in [0.2, 0.25) is 0 Å². The Morgan fingerprint density at radius 2 is 2.11 bits per heavy atom. The smallest absolute Gasteiger partial charge is 0.218 e. The first kappa shape index (κ1) is 15.4. The van der Waals surface area contributed by atoms with E-state index in [1.165, 1.54) is 0 Å². The molecule has 0 spiro atoms. The lowest BCUT2D eigenvalue weighted by molar-refractivity contribution is -0.117. The van der Waals surface area contributed by atoms with Crippen LogP contribution in [0.5, 0.6) is 0 Å². The number of carbonyl (C=O) groups excluding carboxylic acids is 1. The molecule has 18 heavy (non-hydrogen) atoms. The van der Waals surface area contributed by atoms with E-state index in [9.17, 15) is 18.3 Å². The van der Waals surface area contributed by atoms with Crippen molar-refractivity contribution >= 4 is 15.7 Å². The molecular formula is C11H22N2O4S. The Morgan fingerprint density at radius 1 is 1.44 bits per heavy atom. The van der Waals surface area contributed by atoms with E-state index in [0.29, 0.717) is 13.1 Å². The maximum Gasteiger partial charge on any atom is 0.218 e. The third kappa shape index (κ3) is 5.79. The third-order valence-corrected chi connectivity index (χ3v) is 4.76. The monoisotopic (exact) mass is 278 g/mol. The van der Waals surface area contributed by atoms with Crippen molar-refractivity contribution in [2.45, 2.75) is 31.8 Å². The van der Waals surface area contributed by atoms with Gasteiger partial charge in [-0.25, -0.2) is 8.42 Å². The number of carbonyl (C=O) groups is 1. The summed E-state index contributed by atoms with van der Waals surface area (Å²) >= 11 is 0. The number of hydrogen-bond donors (Lipinski definition) is 2. The van der Waals surface area contributed by atoms with Crippen LogP contribution in [-0.2, 0) is 14.6 Å². The number of amides is 1. The molecule has 0 aromatic heterocycles. The fourth-order valence-electron chi connectivity index (χ4n) is 2.14. The molecule has 0 aliphatic carbocycles. The molecule has 7 heteroatoms. The first-order chi connectivity index (χ1) is 8.20. The molecule has 0 bridgehead atoms. The van der Waals surface area contributed by atoms with E-state index in [2.05, 4.69) is 0 Å². The van der Waals surface area contributed by atoms with Crippen LogP contribution in [0, 0.1) is 0 Å². The van der Waals surface area contributed by atoms with Gasteiger partial charge in [0.05, 0.1) is 17.1 Å². The topological polar surface area (TPSA) is 101 Å². The molecule has 1 heterocycles. The molecule has 3 N–H and O–H groups in total. The first-order valence-electron chi connectivity index (χ1n) is 6.14. The predicted molar refractivity (Wildman–Crippen MR) is 68.8 cm³/mol. The summed E-state index contributed by atoms with van der Waals surface area (Å²) in [5.74, 6) is -0.775. The zero-order chi connectivity index (χ0) is 13.8. The summed E-state index contributed by atoms with van der Waals surface area (Å²) in [6.07, 6.45) is 1.49. The van der Waals surface area contributed by atoms with E-state index in [1.807, 2.05) is 4.90 Å². The highest BCUT2D eigenvalue weighted by Gasteiger charge is 2.28. The van der Waals surface area contributed by atoms with Gasteiger partial charge in [-0.1, -0.05) is 0 Å². The van der Waals surface area contributed by atoms with Crippen molar-refractivity contribution in [3.63, 3.8) is 0 Å². The Morgan fingerprint density at radius 3 is 2.67 bits per heavy atom. The Bertz CT molecular complexity index is 392. The molecule has 0 aromatic rings. The summed E-state index contributed by atoms with van der Waals surface area (Å²) in [5.41, 5.74) is 4.20. The van der Waals surface area contributed by atoms with Crippen molar-refractivity contribution in [1.82, 2.24) is 4.90 Å². The van der Waals surface area contributed by atoms with Crippen LogP contribution in [-0.4, -0.2) is 61.1 Å². The first-order valence-corrected chi connectivity index (χ1v) is 7.96. The number of likely N-dealkylation sites (tertiary alicyclic amines) is 1. The van der Waals surface area contributed by atoms with Crippen molar-refractivity contribution in [3.8, 4) is 0 Å². The van der Waals surface area contributed by atoms with Gasteiger partial charge < -0.3 is 10.8 Å². The minimum atomic E-state index is -3.24. The summed E-state index contributed by atoms with van der Waals surface area (Å²) in [4.78, 5) is 12.5. The molecule has 1 saturated heterocycles. The number of rotatable bonds is 6. The summed E-state index contributed by atoms with van der Waals surface area (Å²) in [5, 5.41) is 9.90. The van der Waals surface area contributed by atoms with Crippen LogP contribution >= 0.6 is 0 Å². The van der Waals surface area contributed by atoms with Gasteiger partial charge in [-0.2, -0.15) is 0 Å². The number of primary amides is 1. The van der Waals surface area contributed by atoms with Crippen molar-refractivity contribution in [3.05, 3.63) is 0 Å². The largest absolute Gasteiger partial charge is 0.389 e. The number of hydrogen-bond acceptors (Lipinski definition) is 5. The summed E-state index contributed by atoms with van der Waals surface area (Å²) in [6, 6.07) is 0. The molecule has 0 saturated carbocycles. The Labute approximate surface area is 108 Å². The van der Waals surface area contributed by atoms with Crippen molar-refractivity contribution < 1.29 is 18.3 Å². The highest BCUT2D eigenvalue weighted by Crippen LogP contribution is 2.19. The van der Waals surface area contributed by atoms with Gasteiger partial charge in [0, 0.05) is 19.5 Å². The van der Waals surface area contributed by atoms with Crippen LogP contribution in [0.1, 0.15) is 26.2 Å². The minimum absolute atomic E-state index is 0.0103. The summed E-state index contributed by atoms with van der Waals surface area (Å²) < 4.78 is 23.3. The third-order valence-electron chi connectivity index (χ3n) is 3.13. The van der Waals surface area contributed by atoms with Gasteiger partial charge in [0.1, 0.15) is 0 Å². The van der Waals surface area contributed by atoms with Crippen molar-refractivity contribution in [2.75, 3.05) is 31.1 Å². The molecule has 1 rings (SSSR count). The molecule has 0 radical (unpaired) electrons. The standard InChI is InChI=1S/C11H22N2O4S/c1-11(15)4-2-5-13(9-11)6-8-18(16,17)7-3-10(12)14/h15H,2-9H2,1H3,(H2,12,14). The Kier molecular flexibility index (Phi) is 5.12. The van der Waals surface area contributed by atoms with E-state index in [0.717, 1.165) is 19.4 Å². The molecule has 6 nitrogen and oxygen atoms in total. The van der Waals surface area contributed by atoms with Gasteiger partial charge in [0.15, 0.2) is 9.84 Å². The number of sulfone groups is 1. The highest BCUT2D eigenvalue weighted by atomic mass is 32.2. The SMILES string of the molecule is CC1(O)CCCN(CCS(=O)(=O)CCC(N)=O)C1. The molecule has 1 unspecified atom stereocenters. The Balaban J connectivity index is 2.38. The van der Waals surface area contributed by atoms with Crippen LogP contribution < -0.4 is 5.73 Å². The summed E-state index contributed by atoms with van der Waals surface area (Å²) in [6.45, 7) is 3.47. The molecular weight excluding hydrogens is 256 g/mol. The van der Waals surface area contributed by atoms with Crippen LogP contribution in [0.3, 0.4) is 0 Å². The van der Waals surface area contributed by atoms with Gasteiger partial charge in [0.25, 0.3) is 0 Å². The second-order valence-corrected chi connectivity index (χ2v) is 7.55. The van der Waals surface area contributed by atoms with E-state index >= 15 is 0 Å². The van der Waals surface area contributed by atoms with Crippen molar-refractivity contribution in [2.24, 2.45) is 5.73 Å². The molecule has 106 valence electrons. The van der Waals surface area contributed by atoms with Gasteiger partial charge in [0.2, 0.25) is 5.91 Å². The number of β-amino-alcohol motifs (C(OH)–C–C–N with tert-alkyl or cyclic N) is 1. The second-order valence-electron chi connectivity index (χ2n) is 5.24. The second kappa shape index (κ2) is 5.99. The van der Waals surface area contributed by atoms with E-state index < -0.39 is 21.3 Å². The molecule has 1 aliphatic rings. The molecule has 0 aromatic carbocycles. The highest BCUT2D eigenvalue weighted by molar-refractivity contribution is 7.91. The maximum absolute atomic E-state index is 11.6. The number of aliphatic hydroxyl groups is 1.